The zero-order chi connectivity index (χ0) is 11.8. The van der Waals surface area contributed by atoms with Gasteiger partial charge in [0.25, 0.3) is 0 Å². The minimum absolute atomic E-state index is 0.0938. The van der Waals surface area contributed by atoms with Gasteiger partial charge in [0.1, 0.15) is 0 Å². The topological polar surface area (TPSA) is 49.8 Å². The summed E-state index contributed by atoms with van der Waals surface area (Å²) >= 11 is 0. The predicted octanol–water partition coefficient (Wildman–Crippen LogP) is 0.642. The van der Waals surface area contributed by atoms with E-state index in [1.165, 1.54) is 0 Å². The van der Waals surface area contributed by atoms with Crippen molar-refractivity contribution >= 4 is 5.97 Å². The number of carbonyl (C=O) groups is 1. The second-order valence-electron chi connectivity index (χ2n) is 5.20. The quantitative estimate of drug-likeness (QED) is 0.700. The van der Waals surface area contributed by atoms with Gasteiger partial charge in [0.15, 0.2) is 0 Å². The molecule has 1 atom stereocenters. The largest absolute Gasteiger partial charge is 0.466 e. The van der Waals surface area contributed by atoms with Crippen molar-refractivity contribution in [3.8, 4) is 0 Å². The van der Waals surface area contributed by atoms with Crippen LogP contribution in [-0.4, -0.2) is 47.8 Å². The van der Waals surface area contributed by atoms with Crippen molar-refractivity contribution in [2.75, 3.05) is 26.2 Å². The normalized spacial score (nSPS) is 25.9. The van der Waals surface area contributed by atoms with Gasteiger partial charge >= 0.3 is 5.97 Å². The Kier molecular flexibility index (Phi) is 3.22. The Balaban J connectivity index is 1.70. The lowest BCUT2D eigenvalue weighted by atomic mass is 9.88. The Morgan fingerprint density at radius 1 is 1.56 bits per heavy atom. The molecule has 1 aliphatic carbocycles. The summed E-state index contributed by atoms with van der Waals surface area (Å²) in [5.41, 5.74) is -0.450. The van der Waals surface area contributed by atoms with Crippen LogP contribution in [0.5, 0.6) is 0 Å². The van der Waals surface area contributed by atoms with Crippen molar-refractivity contribution in [1.82, 2.24) is 4.90 Å². The van der Waals surface area contributed by atoms with Gasteiger partial charge in [0, 0.05) is 19.6 Å². The zero-order valence-corrected chi connectivity index (χ0v) is 10.1. The first kappa shape index (κ1) is 11.9. The molecule has 0 aromatic rings. The first-order chi connectivity index (χ1) is 7.55. The fraction of sp³-hybridized carbons (Fsp3) is 0.917. The smallest absolute Gasteiger partial charge is 0.309 e. The minimum atomic E-state index is -0.450. The second kappa shape index (κ2) is 4.34. The number of esters is 1. The van der Waals surface area contributed by atoms with Crippen LogP contribution in [0.25, 0.3) is 0 Å². The molecule has 1 saturated heterocycles. The molecule has 1 N–H and O–H groups in total. The maximum absolute atomic E-state index is 11.4. The van der Waals surface area contributed by atoms with E-state index in [1.54, 1.807) is 0 Å². The summed E-state index contributed by atoms with van der Waals surface area (Å²) in [5, 5.41) is 10.1. The summed E-state index contributed by atoms with van der Waals surface area (Å²) in [5.74, 6) is 0.287. The summed E-state index contributed by atoms with van der Waals surface area (Å²) < 4.78 is 4.96. The zero-order valence-electron chi connectivity index (χ0n) is 10.1. The lowest BCUT2D eigenvalue weighted by Gasteiger charge is -2.47. The predicted molar refractivity (Wildman–Crippen MR) is 59.9 cm³/mol. The molecule has 16 heavy (non-hydrogen) atoms. The molecule has 0 bridgehead atoms. The molecule has 4 nitrogen and oxygen atoms in total. The Hall–Kier alpha value is -0.610. The number of ether oxygens (including phenoxy) is 1. The van der Waals surface area contributed by atoms with E-state index < -0.39 is 5.60 Å². The van der Waals surface area contributed by atoms with Gasteiger partial charge in [-0.25, -0.2) is 0 Å². The van der Waals surface area contributed by atoms with Gasteiger partial charge in [-0.3, -0.25) is 9.69 Å². The van der Waals surface area contributed by atoms with E-state index in [9.17, 15) is 9.90 Å². The summed E-state index contributed by atoms with van der Waals surface area (Å²) in [6.07, 6.45) is 2.33. The summed E-state index contributed by atoms with van der Waals surface area (Å²) in [4.78, 5) is 13.6. The van der Waals surface area contributed by atoms with Crippen LogP contribution in [0.4, 0.5) is 0 Å². The van der Waals surface area contributed by atoms with Gasteiger partial charge in [-0.05, 0) is 25.7 Å². The van der Waals surface area contributed by atoms with Crippen LogP contribution in [0, 0.1) is 11.8 Å². The van der Waals surface area contributed by atoms with Crippen LogP contribution in [0.1, 0.15) is 26.7 Å². The molecule has 2 rings (SSSR count). The van der Waals surface area contributed by atoms with Gasteiger partial charge < -0.3 is 9.84 Å². The molecule has 2 aliphatic rings. The second-order valence-corrected chi connectivity index (χ2v) is 5.20. The van der Waals surface area contributed by atoms with E-state index >= 15 is 0 Å². The summed E-state index contributed by atoms with van der Waals surface area (Å²) in [6, 6.07) is 0. The lowest BCUT2D eigenvalue weighted by Crippen LogP contribution is -2.64. The number of carbonyl (C=O) groups excluding carboxylic acids is 1. The number of aliphatic hydroxyl groups is 1. The molecule has 0 spiro atoms. The van der Waals surface area contributed by atoms with Crippen LogP contribution in [0.3, 0.4) is 0 Å². The van der Waals surface area contributed by atoms with E-state index in [0.717, 1.165) is 25.9 Å². The highest BCUT2D eigenvalue weighted by molar-refractivity contribution is 5.72. The third-order valence-corrected chi connectivity index (χ3v) is 3.55. The maximum Gasteiger partial charge on any atom is 0.309 e. The molecule has 92 valence electrons. The molecule has 1 heterocycles. The maximum atomic E-state index is 11.4. The number of hydrogen-bond acceptors (Lipinski definition) is 4. The Bertz CT molecular complexity index is 269. The number of nitrogens with zero attached hydrogens (tertiary/aromatic N) is 1. The van der Waals surface area contributed by atoms with E-state index in [1.807, 2.05) is 13.8 Å². The molecule has 1 saturated carbocycles. The molecule has 0 amide bonds. The fourth-order valence-electron chi connectivity index (χ4n) is 2.48. The molecule has 2 fully saturated rings. The molecule has 1 aliphatic heterocycles. The average Bonchev–Trinajstić information content (AvgIpc) is 2.98. The fourth-order valence-corrected chi connectivity index (χ4v) is 2.48. The minimum Gasteiger partial charge on any atom is -0.466 e. The van der Waals surface area contributed by atoms with Crippen molar-refractivity contribution in [3.05, 3.63) is 0 Å². The molecule has 0 radical (unpaired) electrons. The number of β-amino-alcohol motifs (C(OH)–C–C–N with tert-alkyl or cyclic N) is 1. The van der Waals surface area contributed by atoms with Gasteiger partial charge in [0.05, 0.1) is 18.1 Å². The first-order valence-corrected chi connectivity index (χ1v) is 6.16. The van der Waals surface area contributed by atoms with Crippen LogP contribution < -0.4 is 0 Å². The van der Waals surface area contributed by atoms with Crippen molar-refractivity contribution in [3.63, 3.8) is 0 Å². The molecule has 1 unspecified atom stereocenters. The van der Waals surface area contributed by atoms with Gasteiger partial charge in [-0.1, -0.05) is 6.92 Å². The standard InChI is InChI=1S/C12H21NO3/c1-3-16-11(14)9(2)6-13-7-12(15,8-13)10-4-5-10/h9-10,15H,3-8H2,1-2H3. The molecule has 4 heteroatoms. The van der Waals surface area contributed by atoms with Crippen LogP contribution >= 0.6 is 0 Å². The monoisotopic (exact) mass is 227 g/mol. The molecule has 0 aromatic carbocycles. The SMILES string of the molecule is CCOC(=O)C(C)CN1CC(O)(C2CC2)C1. The Morgan fingerprint density at radius 3 is 2.69 bits per heavy atom. The van der Waals surface area contributed by atoms with Gasteiger partial charge in [0.2, 0.25) is 0 Å². The van der Waals surface area contributed by atoms with E-state index in [-0.39, 0.29) is 11.9 Å². The van der Waals surface area contributed by atoms with Crippen molar-refractivity contribution in [1.29, 1.82) is 0 Å². The number of rotatable bonds is 5. The van der Waals surface area contributed by atoms with Crippen molar-refractivity contribution in [2.45, 2.75) is 32.3 Å². The molecular formula is C12H21NO3. The highest BCUT2D eigenvalue weighted by Gasteiger charge is 2.51. The van der Waals surface area contributed by atoms with E-state index in [0.29, 0.717) is 19.1 Å². The summed E-state index contributed by atoms with van der Waals surface area (Å²) in [6.45, 7) is 6.29. The van der Waals surface area contributed by atoms with E-state index in [4.69, 9.17) is 4.74 Å². The van der Waals surface area contributed by atoms with E-state index in [2.05, 4.69) is 4.90 Å². The van der Waals surface area contributed by atoms with Crippen molar-refractivity contribution in [2.24, 2.45) is 11.8 Å². The molecular weight excluding hydrogens is 206 g/mol. The highest BCUT2D eigenvalue weighted by Crippen LogP contribution is 2.44. The van der Waals surface area contributed by atoms with Crippen LogP contribution in [0.2, 0.25) is 0 Å². The van der Waals surface area contributed by atoms with Crippen molar-refractivity contribution < 1.29 is 14.6 Å². The van der Waals surface area contributed by atoms with Crippen LogP contribution in [0.15, 0.2) is 0 Å². The Labute approximate surface area is 96.6 Å². The third kappa shape index (κ3) is 2.38. The van der Waals surface area contributed by atoms with Crippen LogP contribution in [-0.2, 0) is 9.53 Å². The number of hydrogen-bond donors (Lipinski definition) is 1. The highest BCUT2D eigenvalue weighted by atomic mass is 16.5. The van der Waals surface area contributed by atoms with Gasteiger partial charge in [-0.15, -0.1) is 0 Å². The first-order valence-electron chi connectivity index (χ1n) is 6.16. The van der Waals surface area contributed by atoms with Gasteiger partial charge in [-0.2, -0.15) is 0 Å². The average molecular weight is 227 g/mol. The third-order valence-electron chi connectivity index (χ3n) is 3.55. The lowest BCUT2D eigenvalue weighted by molar-refractivity contribution is -0.153. The molecule has 0 aromatic heterocycles. The Morgan fingerprint density at radius 2 is 2.19 bits per heavy atom. The summed E-state index contributed by atoms with van der Waals surface area (Å²) in [7, 11) is 0. The number of likely N-dealkylation sites (tertiary alicyclic amines) is 1.